The Balaban J connectivity index is 2.75. The summed E-state index contributed by atoms with van der Waals surface area (Å²) in [6.07, 6.45) is 5.93. The van der Waals surface area contributed by atoms with E-state index < -0.39 is 10.0 Å². The average Bonchev–Trinajstić information content (AvgIpc) is 2.27. The molecule has 2 N–H and O–H groups in total. The van der Waals surface area contributed by atoms with Crippen LogP contribution in [0.5, 0.6) is 0 Å². The van der Waals surface area contributed by atoms with Crippen LogP contribution in [-0.2, 0) is 10.0 Å². The molecule has 0 unspecified atom stereocenters. The number of sulfonamides is 1. The van der Waals surface area contributed by atoms with Crippen LogP contribution < -0.4 is 5.73 Å². The fraction of sp³-hybridized carbons (Fsp3) is 0.833. The first-order chi connectivity index (χ1) is 8.01. The van der Waals surface area contributed by atoms with Gasteiger partial charge in [-0.2, -0.15) is 4.31 Å². The van der Waals surface area contributed by atoms with Gasteiger partial charge in [0.25, 0.3) is 0 Å². The molecule has 1 fully saturated rings. The van der Waals surface area contributed by atoms with E-state index in [1.54, 1.807) is 4.31 Å². The second-order valence-electron chi connectivity index (χ2n) is 4.75. The summed E-state index contributed by atoms with van der Waals surface area (Å²) in [7, 11) is -3.18. The molecule has 0 amide bonds. The zero-order valence-electron chi connectivity index (χ0n) is 10.6. The van der Waals surface area contributed by atoms with E-state index in [-0.39, 0.29) is 17.8 Å². The first-order valence-corrected chi connectivity index (χ1v) is 7.98. The minimum Gasteiger partial charge on any atom is -0.328 e. The van der Waals surface area contributed by atoms with Crippen molar-refractivity contribution in [2.75, 3.05) is 12.3 Å². The molecule has 1 aliphatic carbocycles. The Bertz CT molecular complexity index is 332. The number of nitrogens with zero attached hydrogens (tertiary/aromatic N) is 1. The van der Waals surface area contributed by atoms with Crippen LogP contribution in [0.2, 0.25) is 0 Å². The van der Waals surface area contributed by atoms with Crippen molar-refractivity contribution >= 4 is 10.0 Å². The maximum Gasteiger partial charge on any atom is 0.217 e. The van der Waals surface area contributed by atoms with Crippen LogP contribution in [0.4, 0.5) is 0 Å². The molecule has 1 saturated carbocycles. The molecule has 0 aromatic carbocycles. The summed E-state index contributed by atoms with van der Waals surface area (Å²) >= 11 is 0. The smallest absolute Gasteiger partial charge is 0.217 e. The molecule has 0 bridgehead atoms. The molecule has 0 radical (unpaired) electrons. The third-order valence-corrected chi connectivity index (χ3v) is 5.13. The van der Waals surface area contributed by atoms with Gasteiger partial charge in [0, 0.05) is 18.6 Å². The highest BCUT2D eigenvalue weighted by molar-refractivity contribution is 7.89. The number of hydrogen-bond donors (Lipinski definition) is 1. The van der Waals surface area contributed by atoms with Crippen molar-refractivity contribution in [2.45, 2.75) is 51.1 Å². The van der Waals surface area contributed by atoms with E-state index in [0.29, 0.717) is 6.54 Å². The molecule has 0 atom stereocenters. The fourth-order valence-corrected chi connectivity index (χ4v) is 4.02. The Labute approximate surface area is 105 Å². The highest BCUT2D eigenvalue weighted by atomic mass is 32.2. The standard InChI is InChI=1S/C12H24N2O2S/c1-3-9-14(17(15,16)10-4-2)12-7-5-11(13)6-8-12/h4,11-12H,2-3,5-10,13H2,1H3. The lowest BCUT2D eigenvalue weighted by Gasteiger charge is -2.34. The maximum absolute atomic E-state index is 12.1. The van der Waals surface area contributed by atoms with Crippen molar-refractivity contribution in [2.24, 2.45) is 5.73 Å². The van der Waals surface area contributed by atoms with Gasteiger partial charge >= 0.3 is 0 Å². The molecule has 0 spiro atoms. The molecule has 0 aliphatic heterocycles. The van der Waals surface area contributed by atoms with Crippen LogP contribution in [-0.4, -0.2) is 37.1 Å². The molecule has 4 nitrogen and oxygen atoms in total. The van der Waals surface area contributed by atoms with Gasteiger partial charge in [-0.1, -0.05) is 13.0 Å². The molecule has 17 heavy (non-hydrogen) atoms. The molecular weight excluding hydrogens is 236 g/mol. The Kier molecular flexibility index (Phi) is 5.62. The van der Waals surface area contributed by atoms with Gasteiger partial charge < -0.3 is 5.73 Å². The molecule has 0 aromatic heterocycles. The van der Waals surface area contributed by atoms with Crippen molar-refractivity contribution in [1.82, 2.24) is 4.31 Å². The molecule has 1 aliphatic rings. The second-order valence-corrected chi connectivity index (χ2v) is 6.71. The zero-order valence-corrected chi connectivity index (χ0v) is 11.5. The Morgan fingerprint density at radius 2 is 1.94 bits per heavy atom. The molecule has 5 heteroatoms. The van der Waals surface area contributed by atoms with Crippen molar-refractivity contribution in [3.63, 3.8) is 0 Å². The first kappa shape index (κ1) is 14.7. The summed E-state index contributed by atoms with van der Waals surface area (Å²) in [6, 6.07) is 0.386. The van der Waals surface area contributed by atoms with E-state index >= 15 is 0 Å². The zero-order chi connectivity index (χ0) is 12.9. The third-order valence-electron chi connectivity index (χ3n) is 3.28. The molecular formula is C12H24N2O2S. The van der Waals surface area contributed by atoms with Crippen LogP contribution in [0.25, 0.3) is 0 Å². The molecule has 0 heterocycles. The lowest BCUT2D eigenvalue weighted by Crippen LogP contribution is -2.45. The number of nitrogens with two attached hydrogens (primary N) is 1. The molecule has 0 aromatic rings. The van der Waals surface area contributed by atoms with Crippen LogP contribution in [0.1, 0.15) is 39.0 Å². The van der Waals surface area contributed by atoms with Crippen molar-refractivity contribution in [3.05, 3.63) is 12.7 Å². The van der Waals surface area contributed by atoms with Gasteiger partial charge in [-0.05, 0) is 32.1 Å². The second kappa shape index (κ2) is 6.52. The van der Waals surface area contributed by atoms with Gasteiger partial charge in [-0.15, -0.1) is 6.58 Å². The van der Waals surface area contributed by atoms with Gasteiger partial charge in [0.1, 0.15) is 0 Å². The van der Waals surface area contributed by atoms with Crippen LogP contribution in [0, 0.1) is 0 Å². The Morgan fingerprint density at radius 3 is 2.41 bits per heavy atom. The van der Waals surface area contributed by atoms with Crippen LogP contribution >= 0.6 is 0 Å². The quantitative estimate of drug-likeness (QED) is 0.736. The average molecular weight is 260 g/mol. The largest absolute Gasteiger partial charge is 0.328 e. The predicted molar refractivity (Wildman–Crippen MR) is 71.2 cm³/mol. The normalized spacial score (nSPS) is 26.1. The van der Waals surface area contributed by atoms with Gasteiger partial charge in [-0.25, -0.2) is 8.42 Å². The summed E-state index contributed by atoms with van der Waals surface area (Å²) in [5.41, 5.74) is 5.85. The Hall–Kier alpha value is -0.390. The van der Waals surface area contributed by atoms with Gasteiger partial charge in [-0.3, -0.25) is 0 Å². The van der Waals surface area contributed by atoms with E-state index in [1.807, 2.05) is 6.92 Å². The van der Waals surface area contributed by atoms with Crippen molar-refractivity contribution < 1.29 is 8.42 Å². The first-order valence-electron chi connectivity index (χ1n) is 6.37. The van der Waals surface area contributed by atoms with E-state index in [2.05, 4.69) is 6.58 Å². The summed E-state index contributed by atoms with van der Waals surface area (Å²) < 4.78 is 25.9. The van der Waals surface area contributed by atoms with Crippen molar-refractivity contribution in [3.8, 4) is 0 Å². The predicted octanol–water partition coefficient (Wildman–Crippen LogP) is 1.48. The van der Waals surface area contributed by atoms with Crippen LogP contribution in [0.15, 0.2) is 12.7 Å². The number of rotatable bonds is 6. The fourth-order valence-electron chi connectivity index (χ4n) is 2.40. The third kappa shape index (κ3) is 4.08. The summed E-state index contributed by atoms with van der Waals surface area (Å²) in [6.45, 7) is 6.13. The summed E-state index contributed by atoms with van der Waals surface area (Å²) in [5.74, 6) is 0.0373. The molecule has 100 valence electrons. The van der Waals surface area contributed by atoms with Crippen LogP contribution in [0.3, 0.4) is 0 Å². The molecule has 0 saturated heterocycles. The van der Waals surface area contributed by atoms with E-state index in [1.165, 1.54) is 6.08 Å². The van der Waals surface area contributed by atoms with Gasteiger partial charge in [0.05, 0.1) is 5.75 Å². The summed E-state index contributed by atoms with van der Waals surface area (Å²) in [4.78, 5) is 0. The minimum absolute atomic E-state index is 0.0373. The number of hydrogen-bond acceptors (Lipinski definition) is 3. The van der Waals surface area contributed by atoms with Gasteiger partial charge in [0.2, 0.25) is 10.0 Å². The van der Waals surface area contributed by atoms with E-state index in [0.717, 1.165) is 32.1 Å². The lowest BCUT2D eigenvalue weighted by atomic mass is 9.92. The topological polar surface area (TPSA) is 63.4 Å². The maximum atomic E-state index is 12.1. The lowest BCUT2D eigenvalue weighted by molar-refractivity contribution is 0.241. The minimum atomic E-state index is -3.18. The SMILES string of the molecule is C=CCS(=O)(=O)N(CCC)C1CCC(N)CC1. The molecule has 1 rings (SSSR count). The highest BCUT2D eigenvalue weighted by Gasteiger charge is 2.30. The van der Waals surface area contributed by atoms with E-state index in [4.69, 9.17) is 5.73 Å². The monoisotopic (exact) mass is 260 g/mol. The Morgan fingerprint density at radius 1 is 1.35 bits per heavy atom. The van der Waals surface area contributed by atoms with E-state index in [9.17, 15) is 8.42 Å². The summed E-state index contributed by atoms with van der Waals surface area (Å²) in [5, 5.41) is 0. The highest BCUT2D eigenvalue weighted by Crippen LogP contribution is 2.24. The van der Waals surface area contributed by atoms with Gasteiger partial charge in [0.15, 0.2) is 0 Å². The van der Waals surface area contributed by atoms with Crippen molar-refractivity contribution in [1.29, 1.82) is 0 Å².